The zero-order valence-electron chi connectivity index (χ0n) is 21.1. The number of carbonyl (C=O) groups excluding carboxylic acids is 1. The Bertz CT molecular complexity index is 811. The van der Waals surface area contributed by atoms with Crippen LogP contribution >= 0.6 is 0 Å². The minimum atomic E-state index is -0.185. The summed E-state index contributed by atoms with van der Waals surface area (Å²) in [7, 11) is 0. The molecule has 2 saturated carbocycles. The maximum atomic E-state index is 13.2. The lowest BCUT2D eigenvalue weighted by atomic mass is 9.72. The summed E-state index contributed by atoms with van der Waals surface area (Å²) in [6.07, 6.45) is 13.1. The molecule has 2 aliphatic carbocycles. The zero-order chi connectivity index (χ0) is 24.0. The third kappa shape index (κ3) is 6.09. The highest BCUT2D eigenvalue weighted by molar-refractivity contribution is 5.94. The van der Waals surface area contributed by atoms with Crippen LogP contribution in [0.1, 0.15) is 84.0 Å². The third-order valence-electron chi connectivity index (χ3n) is 7.93. The molecule has 2 fully saturated rings. The van der Waals surface area contributed by atoms with Crippen molar-refractivity contribution >= 4 is 5.97 Å². The second kappa shape index (κ2) is 11.9. The van der Waals surface area contributed by atoms with Crippen LogP contribution in [-0.4, -0.2) is 31.4 Å². The maximum absolute atomic E-state index is 13.2. The summed E-state index contributed by atoms with van der Waals surface area (Å²) < 4.78 is 17.8. The van der Waals surface area contributed by atoms with Gasteiger partial charge in [-0.25, -0.2) is 4.79 Å². The van der Waals surface area contributed by atoms with Crippen LogP contribution in [0, 0.1) is 39.5 Å². The van der Waals surface area contributed by atoms with E-state index in [-0.39, 0.29) is 12.1 Å². The van der Waals surface area contributed by atoms with Crippen molar-refractivity contribution < 1.29 is 19.0 Å². The van der Waals surface area contributed by atoms with E-state index in [0.29, 0.717) is 24.9 Å². The Morgan fingerprint density at radius 2 is 1.24 bits per heavy atom. The Morgan fingerprint density at radius 1 is 0.758 bits per heavy atom. The highest BCUT2D eigenvalue weighted by atomic mass is 16.5. The first-order valence-corrected chi connectivity index (χ1v) is 12.6. The monoisotopic (exact) mass is 454 g/mol. The summed E-state index contributed by atoms with van der Waals surface area (Å²) in [5.74, 6) is 2.22. The second-order valence-electron chi connectivity index (χ2n) is 9.90. The SMILES string of the molecule is C=CCOc1c(C)c(C)c(C(=O)OC2CCC(C3CCC(OCC=C)CC3)CC2)c(C)c1C. The fraction of sp³-hybridized carbons (Fsp3) is 0.621. The molecule has 3 rings (SSSR count). The highest BCUT2D eigenvalue weighted by Crippen LogP contribution is 2.40. The summed E-state index contributed by atoms with van der Waals surface area (Å²) in [5, 5.41) is 0. The molecular formula is C29H42O4. The summed E-state index contributed by atoms with van der Waals surface area (Å²) in [6.45, 7) is 16.6. The molecule has 0 spiro atoms. The van der Waals surface area contributed by atoms with Gasteiger partial charge in [-0.05, 0) is 113 Å². The first kappa shape index (κ1) is 25.6. The molecule has 0 heterocycles. The number of carbonyl (C=O) groups is 1. The molecule has 1 aromatic carbocycles. The average molecular weight is 455 g/mol. The number of hydrogen-bond donors (Lipinski definition) is 0. The zero-order valence-corrected chi connectivity index (χ0v) is 21.1. The molecule has 0 N–H and O–H groups in total. The van der Waals surface area contributed by atoms with Gasteiger partial charge in [-0.1, -0.05) is 18.7 Å². The smallest absolute Gasteiger partial charge is 0.338 e. The van der Waals surface area contributed by atoms with Gasteiger partial charge >= 0.3 is 5.97 Å². The molecule has 33 heavy (non-hydrogen) atoms. The van der Waals surface area contributed by atoms with Crippen LogP contribution in [0.15, 0.2) is 25.3 Å². The number of rotatable bonds is 9. The molecular weight excluding hydrogens is 412 g/mol. The van der Waals surface area contributed by atoms with Crippen LogP contribution in [0.3, 0.4) is 0 Å². The normalized spacial score (nSPS) is 25.3. The van der Waals surface area contributed by atoms with Crippen molar-refractivity contribution in [3.8, 4) is 5.75 Å². The van der Waals surface area contributed by atoms with Crippen LogP contribution in [0.2, 0.25) is 0 Å². The van der Waals surface area contributed by atoms with Crippen LogP contribution < -0.4 is 4.74 Å². The summed E-state index contributed by atoms with van der Waals surface area (Å²) in [4.78, 5) is 13.2. The predicted octanol–water partition coefficient (Wildman–Crippen LogP) is 6.96. The first-order chi connectivity index (χ1) is 15.9. The lowest BCUT2D eigenvalue weighted by molar-refractivity contribution is 0.000789. The van der Waals surface area contributed by atoms with Gasteiger partial charge < -0.3 is 14.2 Å². The van der Waals surface area contributed by atoms with E-state index >= 15 is 0 Å². The molecule has 4 heteroatoms. The fourth-order valence-corrected chi connectivity index (χ4v) is 5.76. The fourth-order valence-electron chi connectivity index (χ4n) is 5.76. The van der Waals surface area contributed by atoms with E-state index in [4.69, 9.17) is 14.2 Å². The number of benzene rings is 1. The quantitative estimate of drug-likeness (QED) is 0.299. The van der Waals surface area contributed by atoms with E-state index in [0.717, 1.165) is 78.4 Å². The van der Waals surface area contributed by atoms with E-state index in [1.165, 1.54) is 12.8 Å². The van der Waals surface area contributed by atoms with Gasteiger partial charge in [0.15, 0.2) is 0 Å². The standard InChI is InChI=1S/C29H42O4/c1-7-17-31-25-13-9-23(10-14-25)24-11-15-26(16-12-24)33-29(30)27-19(3)21(5)28(32-18-8-2)22(6)20(27)4/h7-8,23-26H,1-2,9-18H2,3-6H3. The highest BCUT2D eigenvalue weighted by Gasteiger charge is 2.33. The summed E-state index contributed by atoms with van der Waals surface area (Å²) >= 11 is 0. The number of hydrogen-bond acceptors (Lipinski definition) is 4. The maximum Gasteiger partial charge on any atom is 0.338 e. The van der Waals surface area contributed by atoms with Gasteiger partial charge in [-0.2, -0.15) is 0 Å². The Labute approximate surface area is 200 Å². The molecule has 0 saturated heterocycles. The molecule has 0 bridgehead atoms. The van der Waals surface area contributed by atoms with Crippen LogP contribution in [0.4, 0.5) is 0 Å². The van der Waals surface area contributed by atoms with Crippen molar-refractivity contribution in [3.63, 3.8) is 0 Å². The van der Waals surface area contributed by atoms with E-state index in [1.807, 2.05) is 33.8 Å². The Hall–Kier alpha value is -2.07. The van der Waals surface area contributed by atoms with Gasteiger partial charge in [0.2, 0.25) is 0 Å². The topological polar surface area (TPSA) is 44.8 Å². The minimum absolute atomic E-state index is 0.0251. The second-order valence-corrected chi connectivity index (χ2v) is 9.90. The van der Waals surface area contributed by atoms with Gasteiger partial charge in [0.1, 0.15) is 18.5 Å². The third-order valence-corrected chi connectivity index (χ3v) is 7.93. The molecule has 0 radical (unpaired) electrons. The van der Waals surface area contributed by atoms with Crippen molar-refractivity contribution in [1.82, 2.24) is 0 Å². The Morgan fingerprint density at radius 3 is 1.73 bits per heavy atom. The lowest BCUT2D eigenvalue weighted by Crippen LogP contribution is -2.31. The van der Waals surface area contributed by atoms with E-state index in [1.54, 1.807) is 6.08 Å². The molecule has 4 nitrogen and oxygen atoms in total. The number of ether oxygens (including phenoxy) is 3. The van der Waals surface area contributed by atoms with Crippen molar-refractivity contribution in [2.45, 2.75) is 91.3 Å². The molecule has 0 aliphatic heterocycles. The largest absolute Gasteiger partial charge is 0.489 e. The van der Waals surface area contributed by atoms with Crippen LogP contribution in [0.5, 0.6) is 5.75 Å². The molecule has 0 atom stereocenters. The first-order valence-electron chi connectivity index (χ1n) is 12.6. The Balaban J connectivity index is 1.55. The number of esters is 1. The van der Waals surface area contributed by atoms with Crippen LogP contribution in [0.25, 0.3) is 0 Å². The van der Waals surface area contributed by atoms with E-state index in [2.05, 4.69) is 13.2 Å². The van der Waals surface area contributed by atoms with Gasteiger partial charge in [0, 0.05) is 0 Å². The summed E-state index contributed by atoms with van der Waals surface area (Å²) in [5.41, 5.74) is 4.61. The van der Waals surface area contributed by atoms with Crippen molar-refractivity contribution in [2.75, 3.05) is 13.2 Å². The molecule has 2 aliphatic rings. The Kier molecular flexibility index (Phi) is 9.19. The van der Waals surface area contributed by atoms with Crippen molar-refractivity contribution in [1.29, 1.82) is 0 Å². The predicted molar refractivity (Wildman–Crippen MR) is 134 cm³/mol. The van der Waals surface area contributed by atoms with Crippen molar-refractivity contribution in [3.05, 3.63) is 53.1 Å². The minimum Gasteiger partial charge on any atom is -0.489 e. The van der Waals surface area contributed by atoms with Gasteiger partial charge in [0.25, 0.3) is 0 Å². The molecule has 182 valence electrons. The molecule has 0 amide bonds. The van der Waals surface area contributed by atoms with Crippen molar-refractivity contribution in [2.24, 2.45) is 11.8 Å². The van der Waals surface area contributed by atoms with E-state index < -0.39 is 0 Å². The summed E-state index contributed by atoms with van der Waals surface area (Å²) in [6, 6.07) is 0. The van der Waals surface area contributed by atoms with Gasteiger partial charge in [0.05, 0.1) is 18.3 Å². The lowest BCUT2D eigenvalue weighted by Gasteiger charge is -2.37. The molecule has 1 aromatic rings. The van der Waals surface area contributed by atoms with E-state index in [9.17, 15) is 4.79 Å². The van der Waals surface area contributed by atoms with Gasteiger partial charge in [-0.15, -0.1) is 6.58 Å². The molecule has 0 unspecified atom stereocenters. The molecule has 0 aromatic heterocycles. The van der Waals surface area contributed by atoms with Crippen LogP contribution in [-0.2, 0) is 9.47 Å². The average Bonchev–Trinajstić information content (AvgIpc) is 2.82. The van der Waals surface area contributed by atoms with Gasteiger partial charge in [-0.3, -0.25) is 0 Å².